The second-order valence-corrected chi connectivity index (χ2v) is 4.97. The SMILES string of the molecule is OC1N=C(c2ccccc2)c2cc(Cl)ccc2NC1O. The molecule has 0 saturated heterocycles. The number of nitrogens with zero attached hydrogens (tertiary/aromatic N) is 1. The Bertz CT molecular complexity index is 658. The van der Waals surface area contributed by atoms with Gasteiger partial charge in [0.2, 0.25) is 0 Å². The molecule has 0 aliphatic carbocycles. The van der Waals surface area contributed by atoms with Crippen LogP contribution in [-0.4, -0.2) is 28.4 Å². The van der Waals surface area contributed by atoms with Gasteiger partial charge in [0.05, 0.1) is 5.71 Å². The van der Waals surface area contributed by atoms with Crippen molar-refractivity contribution in [2.24, 2.45) is 4.99 Å². The first-order chi connectivity index (χ1) is 9.65. The molecule has 20 heavy (non-hydrogen) atoms. The van der Waals surface area contributed by atoms with Crippen molar-refractivity contribution >= 4 is 23.0 Å². The van der Waals surface area contributed by atoms with Crippen molar-refractivity contribution in [2.45, 2.75) is 12.5 Å². The standard InChI is InChI=1S/C15H13ClN2O2/c16-10-6-7-12-11(8-10)13(9-4-2-1-3-5-9)18-15(20)14(19)17-12/h1-8,14-15,17,19-20H. The largest absolute Gasteiger partial charge is 0.369 e. The maximum absolute atomic E-state index is 9.90. The quantitative estimate of drug-likeness (QED) is 0.754. The van der Waals surface area contributed by atoms with Crippen LogP contribution in [0.4, 0.5) is 5.69 Å². The summed E-state index contributed by atoms with van der Waals surface area (Å²) in [6.07, 6.45) is -2.40. The molecule has 1 aliphatic rings. The first-order valence-corrected chi connectivity index (χ1v) is 6.59. The summed E-state index contributed by atoms with van der Waals surface area (Å²) in [4.78, 5) is 4.21. The molecule has 3 rings (SSSR count). The van der Waals surface area contributed by atoms with Gasteiger partial charge < -0.3 is 15.5 Å². The molecule has 102 valence electrons. The number of nitrogens with one attached hydrogen (secondary N) is 1. The topological polar surface area (TPSA) is 64.9 Å². The Balaban J connectivity index is 2.21. The molecule has 0 amide bonds. The summed E-state index contributed by atoms with van der Waals surface area (Å²) < 4.78 is 0. The zero-order chi connectivity index (χ0) is 14.1. The fourth-order valence-electron chi connectivity index (χ4n) is 2.17. The monoisotopic (exact) mass is 288 g/mol. The van der Waals surface area contributed by atoms with Gasteiger partial charge in [0.15, 0.2) is 12.5 Å². The summed E-state index contributed by atoms with van der Waals surface area (Å²) >= 11 is 6.05. The number of fused-ring (bicyclic) bond motifs is 1. The number of halogens is 1. The highest BCUT2D eigenvalue weighted by molar-refractivity contribution is 6.31. The average Bonchev–Trinajstić information content (AvgIpc) is 2.58. The Kier molecular flexibility index (Phi) is 3.44. The Morgan fingerprint density at radius 1 is 1.05 bits per heavy atom. The fourth-order valence-corrected chi connectivity index (χ4v) is 2.34. The maximum Gasteiger partial charge on any atom is 0.190 e. The number of aliphatic imine (C=N–C) groups is 1. The Hall–Kier alpha value is -1.88. The minimum absolute atomic E-state index is 0.570. The zero-order valence-electron chi connectivity index (χ0n) is 10.5. The predicted molar refractivity (Wildman–Crippen MR) is 79.2 cm³/mol. The van der Waals surface area contributed by atoms with E-state index < -0.39 is 12.5 Å². The van der Waals surface area contributed by atoms with Gasteiger partial charge in [0.25, 0.3) is 0 Å². The molecule has 2 aromatic carbocycles. The van der Waals surface area contributed by atoms with E-state index in [0.29, 0.717) is 16.4 Å². The highest BCUT2D eigenvalue weighted by Gasteiger charge is 2.24. The zero-order valence-corrected chi connectivity index (χ0v) is 11.2. The molecular formula is C15H13ClN2O2. The third kappa shape index (κ3) is 2.41. The third-order valence-corrected chi connectivity index (χ3v) is 3.37. The van der Waals surface area contributed by atoms with Crippen molar-refractivity contribution in [2.75, 3.05) is 5.32 Å². The van der Waals surface area contributed by atoms with Crippen LogP contribution in [0.5, 0.6) is 0 Å². The summed E-state index contributed by atoms with van der Waals surface area (Å²) in [6.45, 7) is 0. The van der Waals surface area contributed by atoms with Crippen LogP contribution in [0.3, 0.4) is 0 Å². The van der Waals surface area contributed by atoms with E-state index in [1.807, 2.05) is 30.3 Å². The molecule has 0 radical (unpaired) electrons. The van der Waals surface area contributed by atoms with E-state index in [2.05, 4.69) is 10.3 Å². The van der Waals surface area contributed by atoms with Gasteiger partial charge in [-0.2, -0.15) is 0 Å². The highest BCUT2D eigenvalue weighted by atomic mass is 35.5. The number of benzene rings is 2. The summed E-state index contributed by atoms with van der Waals surface area (Å²) in [5.74, 6) is 0. The Labute approximate surface area is 121 Å². The second-order valence-electron chi connectivity index (χ2n) is 4.54. The van der Waals surface area contributed by atoms with Crippen LogP contribution in [-0.2, 0) is 0 Å². The first kappa shape index (κ1) is 13.1. The molecule has 0 spiro atoms. The van der Waals surface area contributed by atoms with E-state index in [9.17, 15) is 10.2 Å². The van der Waals surface area contributed by atoms with Gasteiger partial charge in [-0.25, -0.2) is 4.99 Å². The highest BCUT2D eigenvalue weighted by Crippen LogP contribution is 2.27. The number of hydrogen-bond acceptors (Lipinski definition) is 4. The van der Waals surface area contributed by atoms with E-state index in [-0.39, 0.29) is 0 Å². The lowest BCUT2D eigenvalue weighted by atomic mass is 10.0. The molecule has 1 heterocycles. The fraction of sp³-hybridized carbons (Fsp3) is 0.133. The number of aliphatic hydroxyl groups is 2. The van der Waals surface area contributed by atoms with E-state index >= 15 is 0 Å². The number of hydrogen-bond donors (Lipinski definition) is 3. The third-order valence-electron chi connectivity index (χ3n) is 3.13. The van der Waals surface area contributed by atoms with Crippen LogP contribution in [0, 0.1) is 0 Å². The van der Waals surface area contributed by atoms with Gasteiger partial charge in [-0.15, -0.1) is 0 Å². The van der Waals surface area contributed by atoms with Crippen molar-refractivity contribution in [1.82, 2.24) is 0 Å². The molecule has 2 atom stereocenters. The minimum Gasteiger partial charge on any atom is -0.369 e. The Morgan fingerprint density at radius 2 is 1.80 bits per heavy atom. The Morgan fingerprint density at radius 3 is 2.55 bits per heavy atom. The average molecular weight is 289 g/mol. The smallest absolute Gasteiger partial charge is 0.190 e. The molecule has 0 fully saturated rings. The summed E-state index contributed by atoms with van der Waals surface area (Å²) in [5.41, 5.74) is 2.88. The van der Waals surface area contributed by atoms with Crippen molar-refractivity contribution in [3.63, 3.8) is 0 Å². The number of rotatable bonds is 1. The van der Waals surface area contributed by atoms with Crippen LogP contribution in [0.25, 0.3) is 0 Å². The number of aliphatic hydroxyl groups excluding tert-OH is 2. The van der Waals surface area contributed by atoms with Gasteiger partial charge in [0.1, 0.15) is 0 Å². The molecule has 2 unspecified atom stereocenters. The van der Waals surface area contributed by atoms with Crippen LogP contribution in [0.15, 0.2) is 53.5 Å². The van der Waals surface area contributed by atoms with Crippen molar-refractivity contribution < 1.29 is 10.2 Å². The van der Waals surface area contributed by atoms with Crippen LogP contribution < -0.4 is 5.32 Å². The lowest BCUT2D eigenvalue weighted by Crippen LogP contribution is -2.30. The van der Waals surface area contributed by atoms with Gasteiger partial charge in [-0.1, -0.05) is 41.9 Å². The molecule has 0 bridgehead atoms. The lowest BCUT2D eigenvalue weighted by molar-refractivity contribution is 0.0441. The molecule has 3 N–H and O–H groups in total. The van der Waals surface area contributed by atoms with Crippen LogP contribution >= 0.6 is 11.6 Å². The summed E-state index contributed by atoms with van der Waals surface area (Å²) in [7, 11) is 0. The molecule has 1 aliphatic heterocycles. The van der Waals surface area contributed by atoms with Crippen LogP contribution in [0.1, 0.15) is 11.1 Å². The molecule has 0 saturated carbocycles. The second kappa shape index (κ2) is 5.25. The van der Waals surface area contributed by atoms with E-state index in [1.54, 1.807) is 18.2 Å². The molecule has 0 aromatic heterocycles. The van der Waals surface area contributed by atoms with E-state index in [4.69, 9.17) is 11.6 Å². The van der Waals surface area contributed by atoms with E-state index in [1.165, 1.54) is 0 Å². The first-order valence-electron chi connectivity index (χ1n) is 6.21. The minimum atomic E-state index is -1.24. The van der Waals surface area contributed by atoms with Gasteiger partial charge >= 0.3 is 0 Å². The molecular weight excluding hydrogens is 276 g/mol. The number of anilines is 1. The molecule has 2 aromatic rings. The summed E-state index contributed by atoms with van der Waals surface area (Å²) in [5, 5.41) is 23.1. The van der Waals surface area contributed by atoms with Gasteiger partial charge in [-0.3, -0.25) is 0 Å². The molecule has 5 heteroatoms. The van der Waals surface area contributed by atoms with Crippen molar-refractivity contribution in [3.8, 4) is 0 Å². The maximum atomic E-state index is 9.90. The summed E-state index contributed by atoms with van der Waals surface area (Å²) in [6, 6.07) is 14.7. The normalized spacial score (nSPS) is 21.4. The van der Waals surface area contributed by atoms with Gasteiger partial charge in [0, 0.05) is 21.8 Å². The lowest BCUT2D eigenvalue weighted by Gasteiger charge is -2.14. The number of benzodiazepines with no additional fused rings is 1. The molecule has 4 nitrogen and oxygen atoms in total. The van der Waals surface area contributed by atoms with Gasteiger partial charge in [-0.05, 0) is 18.2 Å². The van der Waals surface area contributed by atoms with Crippen LogP contribution in [0.2, 0.25) is 5.02 Å². The van der Waals surface area contributed by atoms with Crippen molar-refractivity contribution in [3.05, 3.63) is 64.7 Å². The predicted octanol–water partition coefficient (Wildman–Crippen LogP) is 2.24. The van der Waals surface area contributed by atoms with Crippen molar-refractivity contribution in [1.29, 1.82) is 0 Å². The van der Waals surface area contributed by atoms with E-state index in [0.717, 1.165) is 11.1 Å².